The Morgan fingerprint density at radius 3 is 2.64 bits per heavy atom. The van der Waals surface area contributed by atoms with Crippen LogP contribution in [0.1, 0.15) is 91.8 Å². The summed E-state index contributed by atoms with van der Waals surface area (Å²) in [4.78, 5) is 54.5. The molecular weight excluding hydrogens is 424 g/mol. The number of hydrogen-bond acceptors (Lipinski definition) is 6. The molecule has 1 aliphatic carbocycles. The van der Waals surface area contributed by atoms with Crippen molar-refractivity contribution in [2.24, 2.45) is 0 Å². The lowest BCUT2D eigenvalue weighted by atomic mass is 9.94. The predicted molar refractivity (Wildman–Crippen MR) is 117 cm³/mol. The summed E-state index contributed by atoms with van der Waals surface area (Å²) in [6, 6.07) is 4.67. The second-order valence-corrected chi connectivity index (χ2v) is 8.76. The van der Waals surface area contributed by atoms with Crippen LogP contribution in [0, 0.1) is 0 Å². The molecule has 0 spiro atoms. The van der Waals surface area contributed by atoms with E-state index in [0.717, 1.165) is 37.8 Å². The van der Waals surface area contributed by atoms with Crippen molar-refractivity contribution >= 4 is 23.7 Å². The monoisotopic (exact) mass is 450 g/mol. The molecule has 3 amide bonds. The molecule has 0 radical (unpaired) electrons. The minimum Gasteiger partial charge on any atom is -0.461 e. The predicted octanol–water partition coefficient (Wildman–Crippen LogP) is 2.71. The largest absolute Gasteiger partial charge is 0.461 e. The van der Waals surface area contributed by atoms with E-state index in [4.69, 9.17) is 4.74 Å². The molecule has 2 aromatic rings. The van der Waals surface area contributed by atoms with Crippen LogP contribution in [0.4, 0.5) is 0 Å². The summed E-state index contributed by atoms with van der Waals surface area (Å²) in [6.45, 7) is 2.64. The summed E-state index contributed by atoms with van der Waals surface area (Å²) in [7, 11) is 0. The molecule has 0 saturated heterocycles. The average molecular weight is 450 g/mol. The zero-order valence-corrected chi connectivity index (χ0v) is 18.6. The fourth-order valence-corrected chi connectivity index (χ4v) is 5.08. The molecular formula is C24H26N4O5. The van der Waals surface area contributed by atoms with Crippen molar-refractivity contribution < 1.29 is 23.9 Å². The molecule has 3 heterocycles. The van der Waals surface area contributed by atoms with E-state index in [2.05, 4.69) is 10.2 Å². The minimum absolute atomic E-state index is 0.0618. The van der Waals surface area contributed by atoms with Crippen LogP contribution < -0.4 is 0 Å². The topological polar surface area (TPSA) is 113 Å². The van der Waals surface area contributed by atoms with Gasteiger partial charge in [-0.25, -0.2) is 4.79 Å². The Morgan fingerprint density at radius 2 is 1.88 bits per heavy atom. The highest BCUT2D eigenvalue weighted by molar-refractivity contribution is 6.22. The fourth-order valence-electron chi connectivity index (χ4n) is 5.08. The van der Waals surface area contributed by atoms with Crippen molar-refractivity contribution in [2.75, 3.05) is 13.2 Å². The summed E-state index contributed by atoms with van der Waals surface area (Å²) in [5.41, 5.74) is 2.68. The minimum atomic E-state index is -0.520. The number of nitrogens with zero attached hydrogens (tertiary/aromatic N) is 3. The number of ether oxygens (including phenoxy) is 1. The maximum Gasteiger partial charge on any atom is 0.359 e. The van der Waals surface area contributed by atoms with Gasteiger partial charge in [0, 0.05) is 35.8 Å². The van der Waals surface area contributed by atoms with Crippen LogP contribution in [0.25, 0.3) is 0 Å². The lowest BCUT2D eigenvalue weighted by molar-refractivity contribution is 0.0510. The number of amides is 3. The van der Waals surface area contributed by atoms with Gasteiger partial charge in [0.25, 0.3) is 17.7 Å². The quantitative estimate of drug-likeness (QED) is 0.566. The van der Waals surface area contributed by atoms with E-state index in [1.165, 1.54) is 11.0 Å². The van der Waals surface area contributed by atoms with Crippen LogP contribution >= 0.6 is 0 Å². The number of nitrogens with one attached hydrogen (secondary N) is 1. The van der Waals surface area contributed by atoms with E-state index in [1.54, 1.807) is 24.0 Å². The van der Waals surface area contributed by atoms with Crippen LogP contribution in [0.2, 0.25) is 0 Å². The van der Waals surface area contributed by atoms with Gasteiger partial charge in [-0.15, -0.1) is 0 Å². The van der Waals surface area contributed by atoms with Crippen molar-refractivity contribution in [3.05, 3.63) is 51.8 Å². The van der Waals surface area contributed by atoms with Crippen molar-refractivity contribution in [1.82, 2.24) is 20.0 Å². The molecule has 9 nitrogen and oxygen atoms in total. The highest BCUT2D eigenvalue weighted by atomic mass is 16.5. The summed E-state index contributed by atoms with van der Waals surface area (Å²) in [5.74, 6) is -1.34. The lowest BCUT2D eigenvalue weighted by Crippen LogP contribution is -2.40. The van der Waals surface area contributed by atoms with E-state index in [9.17, 15) is 19.2 Å². The van der Waals surface area contributed by atoms with Crippen LogP contribution in [-0.4, -0.2) is 62.9 Å². The zero-order valence-electron chi connectivity index (χ0n) is 18.6. The average Bonchev–Trinajstić information content (AvgIpc) is 3.37. The molecule has 0 unspecified atom stereocenters. The number of carbonyl (C=O) groups is 4. The van der Waals surface area contributed by atoms with Crippen LogP contribution in [0.15, 0.2) is 18.2 Å². The second kappa shape index (κ2) is 8.46. The van der Waals surface area contributed by atoms with Gasteiger partial charge in [0.05, 0.1) is 24.3 Å². The number of imide groups is 1. The van der Waals surface area contributed by atoms with Crippen molar-refractivity contribution in [3.8, 4) is 0 Å². The van der Waals surface area contributed by atoms with Crippen LogP contribution in [0.3, 0.4) is 0 Å². The maximum absolute atomic E-state index is 13.3. The van der Waals surface area contributed by atoms with Gasteiger partial charge in [-0.1, -0.05) is 19.3 Å². The Morgan fingerprint density at radius 1 is 1.12 bits per heavy atom. The smallest absolute Gasteiger partial charge is 0.359 e. The highest BCUT2D eigenvalue weighted by Crippen LogP contribution is 2.32. The van der Waals surface area contributed by atoms with E-state index in [0.29, 0.717) is 35.2 Å². The van der Waals surface area contributed by atoms with Crippen molar-refractivity contribution in [2.45, 2.75) is 58.0 Å². The number of carbonyl (C=O) groups excluding carboxylic acids is 4. The molecule has 1 aromatic carbocycles. The first-order valence-corrected chi connectivity index (χ1v) is 11.5. The molecule has 1 fully saturated rings. The lowest BCUT2D eigenvalue weighted by Gasteiger charge is -2.29. The fraction of sp³-hybridized carbons (Fsp3) is 0.458. The first-order chi connectivity index (χ1) is 16.0. The molecule has 2 aliphatic heterocycles. The Hall–Kier alpha value is -3.49. The van der Waals surface area contributed by atoms with Gasteiger partial charge >= 0.3 is 5.97 Å². The van der Waals surface area contributed by atoms with Crippen molar-refractivity contribution in [3.63, 3.8) is 0 Å². The van der Waals surface area contributed by atoms with Gasteiger partial charge < -0.3 is 9.64 Å². The Balaban J connectivity index is 1.37. The maximum atomic E-state index is 13.3. The molecule has 1 N–H and O–H groups in total. The SMILES string of the molecule is CCOC(=O)c1n[nH]c2c1CN(C(=O)c1ccc3c(c1)C(=O)N(C1CCCCC1)C3=O)CC2. The molecule has 33 heavy (non-hydrogen) atoms. The third kappa shape index (κ3) is 3.61. The standard InChI is InChI=1S/C24H26N4O5/c1-2-33-24(32)20-18-13-27(11-10-19(18)25-26-20)21(29)14-8-9-16-17(12-14)23(31)28(22(16)30)15-6-4-3-5-7-15/h8-9,12,15H,2-7,10-11,13H2,1H3,(H,25,26). The van der Waals surface area contributed by atoms with E-state index >= 15 is 0 Å². The van der Waals surface area contributed by atoms with Gasteiger partial charge in [-0.3, -0.25) is 24.4 Å². The van der Waals surface area contributed by atoms with E-state index < -0.39 is 5.97 Å². The zero-order chi connectivity index (χ0) is 23.1. The van der Waals surface area contributed by atoms with Crippen LogP contribution in [0.5, 0.6) is 0 Å². The summed E-state index contributed by atoms with van der Waals surface area (Å²) >= 11 is 0. The Kier molecular flexibility index (Phi) is 5.47. The highest BCUT2D eigenvalue weighted by Gasteiger charge is 2.41. The summed E-state index contributed by atoms with van der Waals surface area (Å²) in [5, 5.41) is 6.94. The molecule has 3 aliphatic rings. The molecule has 0 atom stereocenters. The second-order valence-electron chi connectivity index (χ2n) is 8.76. The van der Waals surface area contributed by atoms with E-state index in [-0.39, 0.29) is 42.6 Å². The normalized spacial score (nSPS) is 18.3. The Bertz CT molecular complexity index is 1150. The summed E-state index contributed by atoms with van der Waals surface area (Å²) in [6.07, 6.45) is 5.36. The number of H-pyrrole nitrogens is 1. The van der Waals surface area contributed by atoms with Crippen LogP contribution in [-0.2, 0) is 17.7 Å². The van der Waals surface area contributed by atoms with Gasteiger partial charge in [0.2, 0.25) is 0 Å². The number of hydrogen-bond donors (Lipinski definition) is 1. The molecule has 9 heteroatoms. The molecule has 5 rings (SSSR count). The summed E-state index contributed by atoms with van der Waals surface area (Å²) < 4.78 is 5.07. The first kappa shape index (κ1) is 21.4. The van der Waals surface area contributed by atoms with E-state index in [1.807, 2.05) is 0 Å². The number of esters is 1. The first-order valence-electron chi connectivity index (χ1n) is 11.5. The third-order valence-corrected chi connectivity index (χ3v) is 6.79. The van der Waals surface area contributed by atoms with Gasteiger partial charge in [-0.2, -0.15) is 5.10 Å². The number of aromatic nitrogens is 2. The van der Waals surface area contributed by atoms with Gasteiger partial charge in [0.15, 0.2) is 5.69 Å². The van der Waals surface area contributed by atoms with Gasteiger partial charge in [-0.05, 0) is 38.0 Å². The number of aromatic amines is 1. The number of fused-ring (bicyclic) bond motifs is 2. The number of rotatable bonds is 4. The molecule has 1 aromatic heterocycles. The third-order valence-electron chi connectivity index (χ3n) is 6.79. The molecule has 1 saturated carbocycles. The molecule has 172 valence electrons. The van der Waals surface area contributed by atoms with Gasteiger partial charge in [0.1, 0.15) is 0 Å². The molecule has 0 bridgehead atoms. The Labute approximate surface area is 191 Å². The number of benzene rings is 1. The van der Waals surface area contributed by atoms with Crippen molar-refractivity contribution in [1.29, 1.82) is 0 Å².